The molecular weight excluding hydrogens is 192 g/mol. The zero-order valence-corrected chi connectivity index (χ0v) is 8.38. The molecule has 0 atom stereocenters. The van der Waals surface area contributed by atoms with Crippen LogP contribution in [0.15, 0.2) is 49.1 Å². The summed E-state index contributed by atoms with van der Waals surface area (Å²) in [5.41, 5.74) is 1.17. The minimum Gasteiger partial charge on any atom is -0.550 e. The van der Waals surface area contributed by atoms with Gasteiger partial charge in [-0.3, -0.25) is 0 Å². The third kappa shape index (κ3) is 4.08. The van der Waals surface area contributed by atoms with E-state index in [9.17, 15) is 0 Å². The molecule has 4 heteroatoms. The molecule has 1 N–H and O–H groups in total. The number of carbonyl (C=O) groups is 1. The van der Waals surface area contributed by atoms with Gasteiger partial charge in [0.1, 0.15) is 18.1 Å². The Morgan fingerprint density at radius 1 is 1.33 bits per heavy atom. The zero-order valence-electron chi connectivity index (χ0n) is 8.38. The molecule has 0 unspecified atom stereocenters. The number of aromatic amines is 1. The van der Waals surface area contributed by atoms with E-state index in [2.05, 4.69) is 17.1 Å². The molecule has 0 bridgehead atoms. The van der Waals surface area contributed by atoms with Crippen LogP contribution in [0.25, 0.3) is 5.69 Å². The van der Waals surface area contributed by atoms with Crippen molar-refractivity contribution in [3.8, 4) is 5.69 Å². The standard InChI is InChI=1S/C9H8N2.C2H4O2/c1-2-4-9(5-3-1)11-7-6-10-8-11;1-2(3)4/h1-8H;1H3,(H,3,4). The summed E-state index contributed by atoms with van der Waals surface area (Å²) >= 11 is 0. The molecule has 2 rings (SSSR count). The zero-order chi connectivity index (χ0) is 11.1. The van der Waals surface area contributed by atoms with Gasteiger partial charge >= 0.3 is 0 Å². The highest BCUT2D eigenvalue weighted by Crippen LogP contribution is 1.95. The number of H-pyrrole nitrogens is 1. The maximum atomic E-state index is 8.89. The fourth-order valence-electron chi connectivity index (χ4n) is 1.05. The highest BCUT2D eigenvalue weighted by atomic mass is 16.4. The lowest BCUT2D eigenvalue weighted by atomic mass is 10.3. The molecule has 2 aromatic rings. The predicted octanol–water partition coefficient (Wildman–Crippen LogP) is 0.0476. The number of carboxylic acid groups (broad SMARTS) is 1. The van der Waals surface area contributed by atoms with Crippen molar-refractivity contribution in [3.63, 3.8) is 0 Å². The van der Waals surface area contributed by atoms with Gasteiger partial charge in [0.25, 0.3) is 0 Å². The van der Waals surface area contributed by atoms with Crippen LogP contribution in [0, 0.1) is 0 Å². The van der Waals surface area contributed by atoms with Crippen LogP contribution >= 0.6 is 0 Å². The molecule has 4 nitrogen and oxygen atoms in total. The summed E-state index contributed by atoms with van der Waals surface area (Å²) in [6, 6.07) is 10.2. The first-order chi connectivity index (χ1) is 7.20. The summed E-state index contributed by atoms with van der Waals surface area (Å²) in [5, 5.41) is 8.89. The smallest absolute Gasteiger partial charge is 0.246 e. The van der Waals surface area contributed by atoms with Crippen molar-refractivity contribution in [3.05, 3.63) is 49.1 Å². The van der Waals surface area contributed by atoms with E-state index < -0.39 is 5.97 Å². The van der Waals surface area contributed by atoms with E-state index in [0.717, 1.165) is 6.92 Å². The Hall–Kier alpha value is -2.10. The van der Waals surface area contributed by atoms with Crippen LogP contribution in [-0.2, 0) is 4.79 Å². The van der Waals surface area contributed by atoms with Crippen molar-refractivity contribution in [2.45, 2.75) is 6.92 Å². The number of aromatic nitrogens is 2. The third-order valence-corrected chi connectivity index (χ3v) is 1.60. The molecule has 0 saturated heterocycles. The number of carboxylic acids is 1. The Morgan fingerprint density at radius 3 is 2.40 bits per heavy atom. The minimum atomic E-state index is -1.08. The second-order valence-corrected chi connectivity index (χ2v) is 2.85. The normalized spacial score (nSPS) is 8.87. The monoisotopic (exact) mass is 204 g/mol. The Morgan fingerprint density at radius 2 is 1.93 bits per heavy atom. The van der Waals surface area contributed by atoms with Gasteiger partial charge in [0.15, 0.2) is 0 Å². The van der Waals surface area contributed by atoms with Gasteiger partial charge in [-0.2, -0.15) is 0 Å². The summed E-state index contributed by atoms with van der Waals surface area (Å²) in [7, 11) is 0. The van der Waals surface area contributed by atoms with E-state index >= 15 is 0 Å². The lowest BCUT2D eigenvalue weighted by Crippen LogP contribution is -2.26. The molecule has 1 heterocycles. The second kappa shape index (κ2) is 5.59. The number of aliphatic carboxylic acids is 1. The van der Waals surface area contributed by atoms with Crippen molar-refractivity contribution in [1.29, 1.82) is 0 Å². The number of rotatable bonds is 1. The molecule has 0 saturated carbocycles. The van der Waals surface area contributed by atoms with Gasteiger partial charge in [-0.05, 0) is 19.1 Å². The van der Waals surface area contributed by atoms with Crippen LogP contribution in [0.3, 0.4) is 0 Å². The SMILES string of the molecule is CC(=O)[O-].c1ccc(-[n+]2cc[nH]c2)cc1. The van der Waals surface area contributed by atoms with Gasteiger partial charge in [-0.25, -0.2) is 9.55 Å². The second-order valence-electron chi connectivity index (χ2n) is 2.85. The van der Waals surface area contributed by atoms with Crippen molar-refractivity contribution in [2.24, 2.45) is 0 Å². The molecule has 78 valence electrons. The number of nitrogens with zero attached hydrogens (tertiary/aromatic N) is 1. The fraction of sp³-hybridized carbons (Fsp3) is 0.0909. The van der Waals surface area contributed by atoms with Gasteiger partial charge < -0.3 is 9.90 Å². The van der Waals surface area contributed by atoms with Crippen molar-refractivity contribution < 1.29 is 14.5 Å². The average Bonchev–Trinajstić information content (AvgIpc) is 2.71. The molecule has 0 aliphatic carbocycles. The molecule has 1 aromatic carbocycles. The maximum Gasteiger partial charge on any atom is 0.246 e. The van der Waals surface area contributed by atoms with Gasteiger partial charge in [-0.15, -0.1) is 0 Å². The molecule has 0 radical (unpaired) electrons. The number of imidazole rings is 1. The van der Waals surface area contributed by atoms with E-state index in [1.807, 2.05) is 41.5 Å². The molecule has 0 aliphatic rings. The summed E-state index contributed by atoms with van der Waals surface area (Å²) in [6.45, 7) is 0.972. The van der Waals surface area contributed by atoms with E-state index in [1.165, 1.54) is 5.69 Å². The average molecular weight is 204 g/mol. The van der Waals surface area contributed by atoms with Gasteiger partial charge in [0.2, 0.25) is 6.33 Å². The molecule has 15 heavy (non-hydrogen) atoms. The highest BCUT2D eigenvalue weighted by molar-refractivity contribution is 5.60. The first-order valence-electron chi connectivity index (χ1n) is 4.47. The van der Waals surface area contributed by atoms with Crippen LogP contribution in [0.2, 0.25) is 0 Å². The van der Waals surface area contributed by atoms with Gasteiger partial charge in [0.05, 0.1) is 0 Å². The van der Waals surface area contributed by atoms with Gasteiger partial charge in [-0.1, -0.05) is 18.2 Å². The van der Waals surface area contributed by atoms with Crippen LogP contribution in [0.1, 0.15) is 6.92 Å². The van der Waals surface area contributed by atoms with Crippen LogP contribution in [0.4, 0.5) is 0 Å². The van der Waals surface area contributed by atoms with E-state index in [4.69, 9.17) is 9.90 Å². The summed E-state index contributed by atoms with van der Waals surface area (Å²) < 4.78 is 2.03. The predicted molar refractivity (Wildman–Crippen MR) is 53.0 cm³/mol. The minimum absolute atomic E-state index is 0.972. The molecular formula is C11H12N2O2. The van der Waals surface area contributed by atoms with Crippen LogP contribution in [0.5, 0.6) is 0 Å². The summed E-state index contributed by atoms with van der Waals surface area (Å²) in [6.07, 6.45) is 5.79. The molecule has 0 aliphatic heterocycles. The molecule has 0 spiro atoms. The summed E-state index contributed by atoms with van der Waals surface area (Å²) in [4.78, 5) is 11.9. The first kappa shape index (κ1) is 11.0. The maximum absolute atomic E-state index is 8.89. The number of carbonyl (C=O) groups excluding carboxylic acids is 1. The first-order valence-corrected chi connectivity index (χ1v) is 4.47. The summed E-state index contributed by atoms with van der Waals surface area (Å²) in [5.74, 6) is -1.08. The molecule has 0 amide bonds. The molecule has 0 fully saturated rings. The Balaban J connectivity index is 0.000000245. The van der Waals surface area contributed by atoms with Crippen molar-refractivity contribution in [1.82, 2.24) is 4.98 Å². The number of para-hydroxylation sites is 1. The van der Waals surface area contributed by atoms with Crippen LogP contribution in [-0.4, -0.2) is 11.0 Å². The largest absolute Gasteiger partial charge is 0.550 e. The van der Waals surface area contributed by atoms with Crippen LogP contribution < -0.4 is 9.67 Å². The number of hydrogen-bond acceptors (Lipinski definition) is 2. The number of nitrogens with one attached hydrogen (secondary N) is 1. The number of benzene rings is 1. The van der Waals surface area contributed by atoms with Crippen molar-refractivity contribution in [2.75, 3.05) is 0 Å². The third-order valence-electron chi connectivity index (χ3n) is 1.60. The Bertz CT molecular complexity index is 392. The van der Waals surface area contributed by atoms with E-state index in [1.54, 1.807) is 0 Å². The lowest BCUT2D eigenvalue weighted by Gasteiger charge is -1.91. The lowest BCUT2D eigenvalue weighted by molar-refractivity contribution is -0.594. The quantitative estimate of drug-likeness (QED) is 0.667. The Labute approximate surface area is 87.8 Å². The van der Waals surface area contributed by atoms with E-state index in [-0.39, 0.29) is 0 Å². The topological polar surface area (TPSA) is 59.8 Å². The highest BCUT2D eigenvalue weighted by Gasteiger charge is 1.97. The Kier molecular flexibility index (Phi) is 4.09. The van der Waals surface area contributed by atoms with Crippen molar-refractivity contribution >= 4 is 5.97 Å². The fourth-order valence-corrected chi connectivity index (χ4v) is 1.05. The molecule has 1 aromatic heterocycles. The number of hydrogen-bond donors (Lipinski definition) is 1. The van der Waals surface area contributed by atoms with Gasteiger partial charge in [0, 0.05) is 5.97 Å². The van der Waals surface area contributed by atoms with E-state index in [0.29, 0.717) is 0 Å².